The van der Waals surface area contributed by atoms with Gasteiger partial charge in [0.2, 0.25) is 12.3 Å². The van der Waals surface area contributed by atoms with Crippen molar-refractivity contribution in [2.75, 3.05) is 6.54 Å². The number of rotatable bonds is 5. The lowest BCUT2D eigenvalue weighted by molar-refractivity contribution is -0.138. The van der Waals surface area contributed by atoms with Crippen LogP contribution in [0.1, 0.15) is 30.9 Å². The van der Waals surface area contributed by atoms with Crippen LogP contribution >= 0.6 is 0 Å². The summed E-state index contributed by atoms with van der Waals surface area (Å²) in [7, 11) is 0. The molecule has 0 aliphatic carbocycles. The molecule has 0 saturated carbocycles. The largest absolute Gasteiger partial charge is 0.471 e. The number of halogens is 3. The van der Waals surface area contributed by atoms with E-state index in [4.69, 9.17) is 4.74 Å². The standard InChI is InChI=1S/C21H20F3N5O2/c1-20(16-5-2-3-6-17(16)29-26-10-11-27-29)18(7-4-12-28(20)14-30)31-19-9-8-15(13-25-19)21(22,23)24/h2-3,5-6,8-11,13-14,18H,4,7,12H2,1H3/t18-,20+/m1/s1. The number of piperidine rings is 1. The maximum absolute atomic E-state index is 12.9. The number of pyridine rings is 1. The number of nitrogens with zero attached hydrogens (tertiary/aromatic N) is 5. The summed E-state index contributed by atoms with van der Waals surface area (Å²) >= 11 is 0. The Morgan fingerprint density at radius 3 is 2.55 bits per heavy atom. The maximum Gasteiger partial charge on any atom is 0.417 e. The first kappa shape index (κ1) is 20.8. The Morgan fingerprint density at radius 2 is 1.90 bits per heavy atom. The fraction of sp³-hybridized carbons (Fsp3) is 0.333. The molecule has 1 aliphatic heterocycles. The van der Waals surface area contributed by atoms with Gasteiger partial charge in [-0.15, -0.1) is 0 Å². The van der Waals surface area contributed by atoms with Gasteiger partial charge in [-0.3, -0.25) is 4.79 Å². The molecule has 0 N–H and O–H groups in total. The summed E-state index contributed by atoms with van der Waals surface area (Å²) in [5, 5.41) is 8.41. The van der Waals surface area contributed by atoms with Crippen LogP contribution in [0.2, 0.25) is 0 Å². The van der Waals surface area contributed by atoms with Crippen LogP contribution in [-0.2, 0) is 16.5 Å². The number of para-hydroxylation sites is 1. The van der Waals surface area contributed by atoms with E-state index >= 15 is 0 Å². The predicted octanol–water partition coefficient (Wildman–Crippen LogP) is 3.60. The number of alkyl halides is 3. The topological polar surface area (TPSA) is 73.1 Å². The lowest BCUT2D eigenvalue weighted by Gasteiger charge is -2.48. The van der Waals surface area contributed by atoms with E-state index in [1.807, 2.05) is 31.2 Å². The van der Waals surface area contributed by atoms with Crippen molar-refractivity contribution < 1.29 is 22.7 Å². The van der Waals surface area contributed by atoms with E-state index < -0.39 is 23.4 Å². The van der Waals surface area contributed by atoms with Crippen LogP contribution in [0.25, 0.3) is 5.69 Å². The number of carbonyl (C=O) groups is 1. The fourth-order valence-corrected chi connectivity index (χ4v) is 3.99. The summed E-state index contributed by atoms with van der Waals surface area (Å²) < 4.78 is 44.6. The van der Waals surface area contributed by atoms with E-state index in [9.17, 15) is 18.0 Å². The fourth-order valence-electron chi connectivity index (χ4n) is 3.99. The minimum absolute atomic E-state index is 0.0617. The highest BCUT2D eigenvalue weighted by molar-refractivity contribution is 5.55. The zero-order valence-corrected chi connectivity index (χ0v) is 16.7. The van der Waals surface area contributed by atoms with Crippen LogP contribution < -0.4 is 4.74 Å². The van der Waals surface area contributed by atoms with Crippen molar-refractivity contribution in [1.82, 2.24) is 24.9 Å². The van der Waals surface area contributed by atoms with Crippen molar-refractivity contribution in [3.63, 3.8) is 0 Å². The van der Waals surface area contributed by atoms with E-state index in [1.165, 1.54) is 10.9 Å². The minimum atomic E-state index is -4.48. The highest BCUT2D eigenvalue weighted by Gasteiger charge is 2.47. The van der Waals surface area contributed by atoms with Gasteiger partial charge in [-0.1, -0.05) is 18.2 Å². The number of hydrogen-bond donors (Lipinski definition) is 0. The zero-order valence-electron chi connectivity index (χ0n) is 16.7. The highest BCUT2D eigenvalue weighted by atomic mass is 19.4. The Balaban J connectivity index is 1.74. The third kappa shape index (κ3) is 3.85. The quantitative estimate of drug-likeness (QED) is 0.578. The van der Waals surface area contributed by atoms with Gasteiger partial charge in [0, 0.05) is 24.4 Å². The number of ether oxygens (including phenoxy) is 1. The molecule has 162 valence electrons. The van der Waals surface area contributed by atoms with Gasteiger partial charge >= 0.3 is 6.18 Å². The van der Waals surface area contributed by atoms with Crippen molar-refractivity contribution in [2.24, 2.45) is 0 Å². The molecule has 1 aromatic carbocycles. The highest BCUT2D eigenvalue weighted by Crippen LogP contribution is 2.41. The molecular formula is C21H20F3N5O2. The summed E-state index contributed by atoms with van der Waals surface area (Å²) in [5.74, 6) is 0.0617. The van der Waals surface area contributed by atoms with E-state index in [0.29, 0.717) is 25.1 Å². The van der Waals surface area contributed by atoms with Crippen LogP contribution in [0, 0.1) is 0 Å². The van der Waals surface area contributed by atoms with E-state index in [1.54, 1.807) is 17.3 Å². The molecule has 1 fully saturated rings. The van der Waals surface area contributed by atoms with Crippen LogP contribution in [-0.4, -0.2) is 43.9 Å². The molecule has 10 heteroatoms. The molecule has 7 nitrogen and oxygen atoms in total. The lowest BCUT2D eigenvalue weighted by atomic mass is 9.79. The Morgan fingerprint density at radius 1 is 1.16 bits per heavy atom. The Labute approximate surface area is 176 Å². The van der Waals surface area contributed by atoms with Gasteiger partial charge in [0.05, 0.1) is 23.6 Å². The molecule has 1 saturated heterocycles. The first-order chi connectivity index (χ1) is 14.8. The summed E-state index contributed by atoms with van der Waals surface area (Å²) in [6.45, 7) is 2.39. The molecule has 0 spiro atoms. The second-order valence-electron chi connectivity index (χ2n) is 7.41. The van der Waals surface area contributed by atoms with Crippen LogP contribution in [0.3, 0.4) is 0 Å². The maximum atomic E-state index is 12.9. The van der Waals surface area contributed by atoms with Crippen molar-refractivity contribution in [3.05, 3.63) is 66.1 Å². The van der Waals surface area contributed by atoms with Gasteiger partial charge in [0.25, 0.3) is 0 Å². The van der Waals surface area contributed by atoms with Crippen LogP contribution in [0.15, 0.2) is 55.0 Å². The summed E-state index contributed by atoms with van der Waals surface area (Å²) in [6, 6.07) is 9.53. The predicted molar refractivity (Wildman–Crippen MR) is 104 cm³/mol. The first-order valence-electron chi connectivity index (χ1n) is 9.72. The van der Waals surface area contributed by atoms with Gasteiger partial charge in [0.15, 0.2) is 0 Å². The third-order valence-corrected chi connectivity index (χ3v) is 5.63. The Kier molecular flexibility index (Phi) is 5.38. The lowest BCUT2D eigenvalue weighted by Crippen LogP contribution is -2.57. The Bertz CT molecular complexity index is 1040. The number of benzene rings is 1. The van der Waals surface area contributed by atoms with E-state index in [0.717, 1.165) is 24.2 Å². The van der Waals surface area contributed by atoms with E-state index in [2.05, 4.69) is 15.2 Å². The second kappa shape index (κ2) is 8.01. The number of hydrogen-bond acceptors (Lipinski definition) is 5. The second-order valence-corrected chi connectivity index (χ2v) is 7.41. The average molecular weight is 431 g/mol. The molecule has 0 radical (unpaired) electrons. The third-order valence-electron chi connectivity index (χ3n) is 5.63. The zero-order chi connectivity index (χ0) is 22.1. The molecule has 0 unspecified atom stereocenters. The normalized spacial score (nSPS) is 21.7. The van der Waals surface area contributed by atoms with Crippen LogP contribution in [0.5, 0.6) is 5.88 Å². The summed E-state index contributed by atoms with van der Waals surface area (Å²) in [6.07, 6.45) is 0.862. The number of aromatic nitrogens is 4. The molecule has 1 amide bonds. The number of likely N-dealkylation sites (tertiary alicyclic amines) is 1. The smallest absolute Gasteiger partial charge is 0.417 e. The average Bonchev–Trinajstić information content (AvgIpc) is 3.30. The van der Waals surface area contributed by atoms with Gasteiger partial charge < -0.3 is 9.64 Å². The molecule has 4 rings (SSSR count). The van der Waals surface area contributed by atoms with Crippen molar-refractivity contribution >= 4 is 6.41 Å². The van der Waals surface area contributed by atoms with Crippen molar-refractivity contribution in [1.29, 1.82) is 0 Å². The molecule has 0 bridgehead atoms. The van der Waals surface area contributed by atoms with Gasteiger partial charge in [-0.05, 0) is 31.9 Å². The first-order valence-corrected chi connectivity index (χ1v) is 9.72. The summed E-state index contributed by atoms with van der Waals surface area (Å²) in [5.41, 5.74) is -0.335. The van der Waals surface area contributed by atoms with Crippen molar-refractivity contribution in [3.8, 4) is 11.6 Å². The van der Waals surface area contributed by atoms with Crippen LogP contribution in [0.4, 0.5) is 13.2 Å². The van der Waals surface area contributed by atoms with Gasteiger partial charge in [-0.25, -0.2) is 4.98 Å². The van der Waals surface area contributed by atoms with Crippen molar-refractivity contribution in [2.45, 2.75) is 37.6 Å². The molecule has 2 atom stereocenters. The van der Waals surface area contributed by atoms with Gasteiger partial charge in [0.1, 0.15) is 11.6 Å². The minimum Gasteiger partial charge on any atom is -0.471 e. The molecule has 1 aliphatic rings. The molecule has 3 aromatic rings. The molecule has 3 heterocycles. The monoisotopic (exact) mass is 431 g/mol. The number of carbonyl (C=O) groups excluding carboxylic acids is 1. The molecule has 31 heavy (non-hydrogen) atoms. The molecular weight excluding hydrogens is 411 g/mol. The summed E-state index contributed by atoms with van der Waals surface area (Å²) in [4.78, 5) is 18.9. The number of amides is 1. The Hall–Kier alpha value is -3.43. The van der Waals surface area contributed by atoms with E-state index in [-0.39, 0.29) is 5.88 Å². The SMILES string of the molecule is C[C@]1(c2ccccc2-n2nccn2)[C@H](Oc2ccc(C(F)(F)F)cn2)CCCN1C=O. The molecule has 2 aromatic heterocycles. The van der Waals surface area contributed by atoms with Gasteiger partial charge in [-0.2, -0.15) is 28.2 Å².